The van der Waals surface area contributed by atoms with Crippen LogP contribution in [-0.2, 0) is 19.0 Å². The average molecular weight is 285 g/mol. The fourth-order valence-electron chi connectivity index (χ4n) is 2.40. The van der Waals surface area contributed by atoms with Crippen molar-refractivity contribution < 1.29 is 17.7 Å². The molecule has 0 radical (unpaired) electrons. The molecule has 0 amide bonds. The van der Waals surface area contributed by atoms with Crippen LogP contribution in [-0.4, -0.2) is 5.16 Å². The molecule has 2 nitrogen and oxygen atoms in total. The van der Waals surface area contributed by atoms with Crippen molar-refractivity contribution in [1.29, 1.82) is 0 Å². The van der Waals surface area contributed by atoms with Gasteiger partial charge < -0.3 is 4.52 Å². The average Bonchev–Trinajstić information content (AvgIpc) is 2.83. The normalized spacial score (nSPS) is 12.2. The molecule has 0 spiro atoms. The molecule has 0 fully saturated rings. The summed E-state index contributed by atoms with van der Waals surface area (Å²) in [5.74, 6) is 0. The molecule has 0 N–H and O–H groups in total. The Morgan fingerprint density at radius 3 is 2.35 bits per heavy atom. The number of benzene rings is 1. The minimum atomic E-state index is -4.48. The van der Waals surface area contributed by atoms with Crippen molar-refractivity contribution >= 4 is 11.0 Å². The van der Waals surface area contributed by atoms with E-state index in [1.54, 1.807) is 6.07 Å². The monoisotopic (exact) mass is 285 g/mol. The van der Waals surface area contributed by atoms with Crippen molar-refractivity contribution in [1.82, 2.24) is 5.16 Å². The van der Waals surface area contributed by atoms with Gasteiger partial charge in [-0.1, -0.05) is 44.0 Å². The van der Waals surface area contributed by atoms with Crippen LogP contribution in [0.3, 0.4) is 0 Å². The molecule has 110 valence electrons. The first-order valence-corrected chi connectivity index (χ1v) is 6.96. The van der Waals surface area contributed by atoms with E-state index in [9.17, 15) is 13.2 Å². The molecule has 1 aromatic carbocycles. The van der Waals surface area contributed by atoms with Crippen LogP contribution in [0, 0.1) is 0 Å². The Balaban J connectivity index is 2.61. The molecule has 20 heavy (non-hydrogen) atoms. The van der Waals surface area contributed by atoms with Gasteiger partial charge in [-0.25, -0.2) is 0 Å². The van der Waals surface area contributed by atoms with Crippen molar-refractivity contribution in [3.63, 3.8) is 0 Å². The number of hydrogen-bond acceptors (Lipinski definition) is 2. The Bertz CT molecular complexity index is 587. The Morgan fingerprint density at radius 1 is 1.05 bits per heavy atom. The number of alkyl halides is 3. The smallest absolute Gasteiger partial charge is 0.355 e. The lowest BCUT2D eigenvalue weighted by molar-refractivity contribution is -0.141. The molecule has 2 rings (SSSR count). The lowest BCUT2D eigenvalue weighted by Gasteiger charge is -2.08. The number of fused-ring (bicyclic) bond motifs is 1. The third kappa shape index (κ3) is 2.81. The largest absolute Gasteiger partial charge is 0.437 e. The summed E-state index contributed by atoms with van der Waals surface area (Å²) in [6.07, 6.45) is -0.529. The zero-order chi connectivity index (χ0) is 14.8. The van der Waals surface area contributed by atoms with Crippen LogP contribution in [0.4, 0.5) is 13.2 Å². The van der Waals surface area contributed by atoms with Crippen molar-refractivity contribution in [2.24, 2.45) is 0 Å². The SMILES string of the molecule is CCCCc1ccc(CCC)c2onc(C(F)(F)F)c12. The van der Waals surface area contributed by atoms with Gasteiger partial charge in [0.2, 0.25) is 0 Å². The lowest BCUT2D eigenvalue weighted by Crippen LogP contribution is -2.07. The third-order valence-corrected chi connectivity index (χ3v) is 3.38. The highest BCUT2D eigenvalue weighted by Crippen LogP contribution is 2.37. The number of rotatable bonds is 5. The van der Waals surface area contributed by atoms with Gasteiger partial charge in [0, 0.05) is 0 Å². The summed E-state index contributed by atoms with van der Waals surface area (Å²) in [7, 11) is 0. The van der Waals surface area contributed by atoms with Crippen LogP contribution in [0.25, 0.3) is 11.0 Å². The summed E-state index contributed by atoms with van der Waals surface area (Å²) in [6.45, 7) is 4.00. The molecular weight excluding hydrogens is 267 g/mol. The van der Waals surface area contributed by atoms with E-state index in [-0.39, 0.29) is 5.39 Å². The van der Waals surface area contributed by atoms with Crippen molar-refractivity contribution in [3.8, 4) is 0 Å². The highest BCUT2D eigenvalue weighted by Gasteiger charge is 2.38. The van der Waals surface area contributed by atoms with Gasteiger partial charge >= 0.3 is 6.18 Å². The molecule has 0 bridgehead atoms. The second kappa shape index (κ2) is 5.85. The zero-order valence-corrected chi connectivity index (χ0v) is 11.7. The maximum Gasteiger partial charge on any atom is 0.437 e. The number of aromatic nitrogens is 1. The van der Waals surface area contributed by atoms with Crippen LogP contribution in [0.2, 0.25) is 0 Å². The number of aryl methyl sites for hydroxylation is 2. The number of unbranched alkanes of at least 4 members (excludes halogenated alkanes) is 1. The molecule has 5 heteroatoms. The Kier molecular flexibility index (Phi) is 4.35. The van der Waals surface area contributed by atoms with Crippen LogP contribution >= 0.6 is 0 Å². The predicted octanol–water partition coefficient (Wildman–Crippen LogP) is 5.14. The molecule has 0 aliphatic carbocycles. The van der Waals surface area contributed by atoms with Crippen molar-refractivity contribution in [3.05, 3.63) is 29.0 Å². The quantitative estimate of drug-likeness (QED) is 0.760. The maximum atomic E-state index is 13.0. The van der Waals surface area contributed by atoms with Gasteiger partial charge in [-0.3, -0.25) is 0 Å². The molecule has 0 atom stereocenters. The van der Waals surface area contributed by atoms with E-state index < -0.39 is 11.9 Å². The zero-order valence-electron chi connectivity index (χ0n) is 11.7. The fraction of sp³-hybridized carbons (Fsp3) is 0.533. The number of nitrogens with zero attached hydrogens (tertiary/aromatic N) is 1. The summed E-state index contributed by atoms with van der Waals surface area (Å²) in [5.41, 5.74) is 0.880. The summed E-state index contributed by atoms with van der Waals surface area (Å²) >= 11 is 0. The van der Waals surface area contributed by atoms with E-state index in [1.165, 1.54) is 0 Å². The van der Waals surface area contributed by atoms with E-state index in [2.05, 4.69) is 5.16 Å². The van der Waals surface area contributed by atoms with Crippen molar-refractivity contribution in [2.45, 2.75) is 52.1 Å². The third-order valence-electron chi connectivity index (χ3n) is 3.38. The van der Waals surface area contributed by atoms with Crippen LogP contribution in [0.1, 0.15) is 49.9 Å². The van der Waals surface area contributed by atoms with E-state index in [0.29, 0.717) is 24.0 Å². The number of halogens is 3. The second-order valence-electron chi connectivity index (χ2n) is 4.97. The van der Waals surface area contributed by atoms with Gasteiger partial charge in [-0.15, -0.1) is 0 Å². The van der Waals surface area contributed by atoms with E-state index in [4.69, 9.17) is 4.52 Å². The molecule has 0 saturated carbocycles. The number of hydrogen-bond donors (Lipinski definition) is 0. The fourth-order valence-corrected chi connectivity index (χ4v) is 2.40. The minimum Gasteiger partial charge on any atom is -0.355 e. The van der Waals surface area contributed by atoms with Crippen LogP contribution in [0.5, 0.6) is 0 Å². The van der Waals surface area contributed by atoms with Gasteiger partial charge in [0.25, 0.3) is 0 Å². The van der Waals surface area contributed by atoms with Crippen LogP contribution < -0.4 is 0 Å². The first-order chi connectivity index (χ1) is 9.49. The molecule has 2 aromatic rings. The molecule has 1 aromatic heterocycles. The van der Waals surface area contributed by atoms with E-state index >= 15 is 0 Å². The standard InChI is InChI=1S/C15H18F3NO/c1-3-5-7-10-8-9-11(6-4-2)13-12(10)14(19-20-13)15(16,17)18/h8-9H,3-7H2,1-2H3. The molecule has 1 heterocycles. The first kappa shape index (κ1) is 14.9. The van der Waals surface area contributed by atoms with Gasteiger partial charge in [-0.05, 0) is 30.4 Å². The minimum absolute atomic E-state index is 0.150. The Labute approximate surface area is 115 Å². The summed E-state index contributed by atoms with van der Waals surface area (Å²) in [5, 5.41) is 3.43. The molecule has 0 aliphatic heterocycles. The molecule has 0 saturated heterocycles. The van der Waals surface area contributed by atoms with E-state index in [1.807, 2.05) is 19.9 Å². The van der Waals surface area contributed by atoms with Crippen molar-refractivity contribution in [2.75, 3.05) is 0 Å². The molecule has 0 unspecified atom stereocenters. The summed E-state index contributed by atoms with van der Waals surface area (Å²) in [4.78, 5) is 0. The second-order valence-corrected chi connectivity index (χ2v) is 4.97. The van der Waals surface area contributed by atoms with E-state index in [0.717, 1.165) is 24.8 Å². The Morgan fingerprint density at radius 2 is 1.75 bits per heavy atom. The molecule has 0 aliphatic rings. The topological polar surface area (TPSA) is 26.0 Å². The summed E-state index contributed by atoms with van der Waals surface area (Å²) < 4.78 is 44.2. The van der Waals surface area contributed by atoms with Gasteiger partial charge in [0.1, 0.15) is 0 Å². The first-order valence-electron chi connectivity index (χ1n) is 6.96. The highest BCUT2D eigenvalue weighted by atomic mass is 19.4. The predicted molar refractivity (Wildman–Crippen MR) is 71.6 cm³/mol. The van der Waals surface area contributed by atoms with Gasteiger partial charge in [-0.2, -0.15) is 13.2 Å². The maximum absolute atomic E-state index is 13.0. The van der Waals surface area contributed by atoms with Gasteiger partial charge in [0.15, 0.2) is 11.3 Å². The van der Waals surface area contributed by atoms with Crippen LogP contribution in [0.15, 0.2) is 16.7 Å². The summed E-state index contributed by atoms with van der Waals surface area (Å²) in [6, 6.07) is 3.65. The van der Waals surface area contributed by atoms with Gasteiger partial charge in [0.05, 0.1) is 5.39 Å². The highest BCUT2D eigenvalue weighted by molar-refractivity contribution is 5.86. The molecular formula is C15H18F3NO. The lowest BCUT2D eigenvalue weighted by atomic mass is 9.98. The Hall–Kier alpha value is -1.52.